The number of hydrogen-bond acceptors (Lipinski definition) is 3. The number of carbonyl (C=O) groups excluding carboxylic acids is 1. The van der Waals surface area contributed by atoms with Gasteiger partial charge in [-0.15, -0.1) is 11.3 Å². The third kappa shape index (κ3) is 2.80. The number of rotatable bonds is 3. The van der Waals surface area contributed by atoms with Crippen molar-refractivity contribution in [2.45, 2.75) is 19.8 Å². The van der Waals surface area contributed by atoms with Crippen molar-refractivity contribution in [3.05, 3.63) is 55.7 Å². The highest BCUT2D eigenvalue weighted by molar-refractivity contribution is 9.10. The third-order valence-electron chi connectivity index (χ3n) is 3.33. The first-order valence-electron chi connectivity index (χ1n) is 6.31. The average molecular weight is 352 g/mol. The van der Waals surface area contributed by atoms with Gasteiger partial charge in [0.2, 0.25) is 0 Å². The second-order valence-electron chi connectivity index (χ2n) is 4.87. The summed E-state index contributed by atoms with van der Waals surface area (Å²) in [5, 5.41) is 2.03. The molecule has 0 saturated carbocycles. The van der Waals surface area contributed by atoms with Crippen LogP contribution in [0.3, 0.4) is 0 Å². The maximum Gasteiger partial charge on any atom is 0.253 e. The van der Waals surface area contributed by atoms with Crippen molar-refractivity contribution in [3.63, 3.8) is 0 Å². The molecule has 1 aromatic heterocycles. The summed E-state index contributed by atoms with van der Waals surface area (Å²) in [6, 6.07) is 7.87. The lowest BCUT2D eigenvalue weighted by Crippen LogP contribution is -2.25. The van der Waals surface area contributed by atoms with E-state index in [2.05, 4.69) is 15.9 Å². The summed E-state index contributed by atoms with van der Waals surface area (Å²) in [6.45, 7) is 1.89. The lowest BCUT2D eigenvalue weighted by Gasteiger charge is -2.16. The Morgan fingerprint density at radius 2 is 2.15 bits per heavy atom. The zero-order chi connectivity index (χ0) is 14.1. The Hall–Kier alpha value is -1.17. The van der Waals surface area contributed by atoms with Crippen LogP contribution >= 0.6 is 27.3 Å². The number of carbonyl (C=O) groups is 1. The molecule has 1 aliphatic rings. The van der Waals surface area contributed by atoms with Gasteiger partial charge in [0.15, 0.2) is 0 Å². The van der Waals surface area contributed by atoms with E-state index in [9.17, 15) is 4.79 Å². The molecule has 0 radical (unpaired) electrons. The summed E-state index contributed by atoms with van der Waals surface area (Å²) in [4.78, 5) is 15.3. The first-order valence-corrected chi connectivity index (χ1v) is 7.98. The summed E-state index contributed by atoms with van der Waals surface area (Å²) >= 11 is 5.08. The molecule has 2 aromatic rings. The first-order chi connectivity index (χ1) is 9.63. The molecule has 1 aromatic carbocycles. The van der Waals surface area contributed by atoms with E-state index in [1.807, 2.05) is 36.7 Å². The normalized spacial score (nSPS) is 13.3. The summed E-state index contributed by atoms with van der Waals surface area (Å²) in [5.41, 5.74) is 3.04. The van der Waals surface area contributed by atoms with Gasteiger partial charge in [0.1, 0.15) is 0 Å². The van der Waals surface area contributed by atoms with Gasteiger partial charge in [0.25, 0.3) is 5.91 Å². The lowest BCUT2D eigenvalue weighted by molar-refractivity contribution is 0.0786. The quantitative estimate of drug-likeness (QED) is 0.841. The van der Waals surface area contributed by atoms with Crippen LogP contribution in [-0.2, 0) is 24.5 Å². The molecule has 0 aliphatic carbocycles. The maximum atomic E-state index is 12.4. The van der Waals surface area contributed by atoms with E-state index < -0.39 is 0 Å². The van der Waals surface area contributed by atoms with E-state index in [0.717, 1.165) is 20.5 Å². The lowest BCUT2D eigenvalue weighted by atomic mass is 10.1. The van der Waals surface area contributed by atoms with Crippen molar-refractivity contribution in [2.75, 3.05) is 7.05 Å². The van der Waals surface area contributed by atoms with E-state index in [1.165, 1.54) is 5.56 Å². The Kier molecular flexibility index (Phi) is 3.92. The molecule has 0 fully saturated rings. The van der Waals surface area contributed by atoms with Gasteiger partial charge in [-0.3, -0.25) is 4.79 Å². The molecule has 0 saturated heterocycles. The zero-order valence-electron chi connectivity index (χ0n) is 11.1. The Labute approximate surface area is 130 Å². The maximum absolute atomic E-state index is 12.4. The van der Waals surface area contributed by atoms with Crippen LogP contribution in [0.15, 0.2) is 34.1 Å². The van der Waals surface area contributed by atoms with Gasteiger partial charge in [-0.2, -0.15) is 0 Å². The molecule has 3 nitrogen and oxygen atoms in total. The van der Waals surface area contributed by atoms with Gasteiger partial charge in [-0.05, 0) is 45.3 Å². The second kappa shape index (κ2) is 5.68. The summed E-state index contributed by atoms with van der Waals surface area (Å²) in [5.74, 6) is 0.0456. The Balaban J connectivity index is 1.74. The minimum Gasteiger partial charge on any atom is -0.372 e. The van der Waals surface area contributed by atoms with Crippen molar-refractivity contribution in [2.24, 2.45) is 0 Å². The molecule has 104 valence electrons. The number of hydrogen-bond donors (Lipinski definition) is 0. The molecule has 5 heteroatoms. The highest BCUT2D eigenvalue weighted by atomic mass is 79.9. The molecule has 3 rings (SSSR count). The van der Waals surface area contributed by atoms with Gasteiger partial charge in [0, 0.05) is 27.3 Å². The summed E-state index contributed by atoms with van der Waals surface area (Å²) < 4.78 is 6.44. The van der Waals surface area contributed by atoms with E-state index in [-0.39, 0.29) is 5.91 Å². The molecule has 0 atom stereocenters. The Bertz CT molecular complexity index is 653. The fourth-order valence-corrected chi connectivity index (χ4v) is 3.77. The Morgan fingerprint density at radius 3 is 2.90 bits per heavy atom. The van der Waals surface area contributed by atoms with Crippen molar-refractivity contribution >= 4 is 33.2 Å². The number of benzene rings is 1. The van der Waals surface area contributed by atoms with Crippen molar-refractivity contribution < 1.29 is 9.53 Å². The van der Waals surface area contributed by atoms with Gasteiger partial charge < -0.3 is 9.64 Å². The van der Waals surface area contributed by atoms with Gasteiger partial charge in [-0.1, -0.05) is 6.07 Å². The van der Waals surface area contributed by atoms with Gasteiger partial charge >= 0.3 is 0 Å². The molecule has 0 unspecified atom stereocenters. The van der Waals surface area contributed by atoms with E-state index in [4.69, 9.17) is 4.74 Å². The largest absolute Gasteiger partial charge is 0.372 e. The van der Waals surface area contributed by atoms with Gasteiger partial charge in [-0.25, -0.2) is 0 Å². The monoisotopic (exact) mass is 351 g/mol. The molecule has 0 spiro atoms. The van der Waals surface area contributed by atoms with Crippen LogP contribution in [-0.4, -0.2) is 17.9 Å². The SMILES string of the molecule is CN(Cc1cc(Br)cs1)C(=O)c1ccc2c(c1)COC2. The topological polar surface area (TPSA) is 29.5 Å². The number of ether oxygens (including phenoxy) is 1. The third-order valence-corrected chi connectivity index (χ3v) is 5.01. The summed E-state index contributed by atoms with van der Waals surface area (Å²) in [6.07, 6.45) is 0. The van der Waals surface area contributed by atoms with Crippen LogP contribution in [0.2, 0.25) is 0 Å². The minimum absolute atomic E-state index is 0.0456. The zero-order valence-corrected chi connectivity index (χ0v) is 13.5. The number of nitrogens with zero attached hydrogens (tertiary/aromatic N) is 1. The highest BCUT2D eigenvalue weighted by Gasteiger charge is 2.17. The van der Waals surface area contributed by atoms with Crippen molar-refractivity contribution in [1.82, 2.24) is 4.90 Å². The second-order valence-corrected chi connectivity index (χ2v) is 6.78. The molecule has 0 bridgehead atoms. The van der Waals surface area contributed by atoms with Crippen LogP contribution in [0.25, 0.3) is 0 Å². The smallest absolute Gasteiger partial charge is 0.253 e. The molecular weight excluding hydrogens is 338 g/mol. The molecule has 0 N–H and O–H groups in total. The Morgan fingerprint density at radius 1 is 1.35 bits per heavy atom. The van der Waals surface area contributed by atoms with Crippen LogP contribution in [0.4, 0.5) is 0 Å². The fourth-order valence-electron chi connectivity index (χ4n) is 2.27. The predicted molar refractivity (Wildman–Crippen MR) is 82.8 cm³/mol. The van der Waals surface area contributed by atoms with Crippen LogP contribution in [0, 0.1) is 0 Å². The van der Waals surface area contributed by atoms with Gasteiger partial charge in [0.05, 0.1) is 19.8 Å². The number of fused-ring (bicyclic) bond motifs is 1. The molecular formula is C15H14BrNO2S. The first kappa shape index (κ1) is 13.8. The number of halogens is 1. The van der Waals surface area contributed by atoms with Crippen LogP contribution in [0.1, 0.15) is 26.4 Å². The minimum atomic E-state index is 0.0456. The molecule has 1 amide bonds. The molecule has 2 heterocycles. The van der Waals surface area contributed by atoms with E-state index in [0.29, 0.717) is 19.8 Å². The standard InChI is InChI=1S/C15H14BrNO2S/c1-17(6-14-5-13(16)9-20-14)15(18)10-2-3-11-7-19-8-12(11)4-10/h2-5,9H,6-8H2,1H3. The number of amides is 1. The van der Waals surface area contributed by atoms with E-state index >= 15 is 0 Å². The van der Waals surface area contributed by atoms with Crippen LogP contribution < -0.4 is 0 Å². The average Bonchev–Trinajstić information content (AvgIpc) is 3.05. The number of thiophene rings is 1. The predicted octanol–water partition coefficient (Wildman–Crippen LogP) is 3.81. The molecule has 1 aliphatic heterocycles. The fraction of sp³-hybridized carbons (Fsp3) is 0.267. The van der Waals surface area contributed by atoms with Crippen molar-refractivity contribution in [1.29, 1.82) is 0 Å². The van der Waals surface area contributed by atoms with Crippen molar-refractivity contribution in [3.8, 4) is 0 Å². The highest BCUT2D eigenvalue weighted by Crippen LogP contribution is 2.23. The summed E-state index contributed by atoms with van der Waals surface area (Å²) in [7, 11) is 1.83. The van der Waals surface area contributed by atoms with E-state index in [1.54, 1.807) is 16.2 Å². The molecule has 20 heavy (non-hydrogen) atoms. The van der Waals surface area contributed by atoms with Crippen LogP contribution in [0.5, 0.6) is 0 Å².